The van der Waals surface area contributed by atoms with Crippen molar-refractivity contribution in [1.29, 1.82) is 0 Å². The van der Waals surface area contributed by atoms with Crippen molar-refractivity contribution in [3.05, 3.63) is 28.7 Å². The van der Waals surface area contributed by atoms with Gasteiger partial charge in [-0.1, -0.05) is 0 Å². The van der Waals surface area contributed by atoms with Crippen molar-refractivity contribution < 1.29 is 8.42 Å². The number of nitrogen functional groups attached to an aromatic ring is 1. The van der Waals surface area contributed by atoms with Crippen molar-refractivity contribution in [2.24, 2.45) is 5.14 Å². The number of aromatic nitrogens is 3. The van der Waals surface area contributed by atoms with E-state index in [1.807, 2.05) is 0 Å². The summed E-state index contributed by atoms with van der Waals surface area (Å²) in [6.45, 7) is 0. The molecule has 1 aromatic heterocycles. The first kappa shape index (κ1) is 14.2. The lowest BCUT2D eigenvalue weighted by molar-refractivity contribution is 0.595. The lowest BCUT2D eigenvalue weighted by Gasteiger charge is -2.08. The first-order chi connectivity index (χ1) is 9.86. The SMILES string of the molecule is Nc1ccc(Sc2n[nH]c(=O)n2C2CC2)c(S(N)(=O)=O)c1. The third kappa shape index (κ3) is 2.82. The molecule has 8 nitrogen and oxygen atoms in total. The van der Waals surface area contributed by atoms with Crippen LogP contribution >= 0.6 is 11.8 Å². The smallest absolute Gasteiger partial charge is 0.344 e. The van der Waals surface area contributed by atoms with Crippen molar-refractivity contribution in [1.82, 2.24) is 14.8 Å². The Labute approximate surface area is 124 Å². The van der Waals surface area contributed by atoms with E-state index in [4.69, 9.17) is 10.9 Å². The molecule has 1 aliphatic rings. The van der Waals surface area contributed by atoms with Gasteiger partial charge in [0.1, 0.15) is 0 Å². The molecule has 2 aromatic rings. The molecule has 0 unspecified atom stereocenters. The summed E-state index contributed by atoms with van der Waals surface area (Å²) in [4.78, 5) is 12.0. The van der Waals surface area contributed by atoms with Crippen molar-refractivity contribution in [2.45, 2.75) is 33.8 Å². The summed E-state index contributed by atoms with van der Waals surface area (Å²) in [5.41, 5.74) is 5.60. The molecule has 21 heavy (non-hydrogen) atoms. The van der Waals surface area contributed by atoms with Gasteiger partial charge in [0.05, 0.1) is 4.90 Å². The maximum absolute atomic E-state index is 11.7. The van der Waals surface area contributed by atoms with Gasteiger partial charge in [-0.05, 0) is 42.8 Å². The molecule has 0 bridgehead atoms. The standard InChI is InChI=1S/C11H13N5O3S2/c12-6-1-4-8(9(5-6)21(13,18)19)20-11-15-14-10(17)16(11)7-2-3-7/h1,4-5,7H,2-3,12H2,(H,14,17)(H2,13,18,19). The third-order valence-electron chi connectivity index (χ3n) is 3.06. The average molecular weight is 327 g/mol. The lowest BCUT2D eigenvalue weighted by atomic mass is 10.3. The van der Waals surface area contributed by atoms with Gasteiger partial charge >= 0.3 is 5.69 Å². The second-order valence-electron chi connectivity index (χ2n) is 4.77. The number of H-pyrrole nitrogens is 1. The maximum atomic E-state index is 11.7. The van der Waals surface area contributed by atoms with Crippen LogP contribution < -0.4 is 16.6 Å². The lowest BCUT2D eigenvalue weighted by Crippen LogP contribution is -2.16. The Bertz CT molecular complexity index is 851. The first-order valence-electron chi connectivity index (χ1n) is 6.13. The fraction of sp³-hybridized carbons (Fsp3) is 0.273. The number of anilines is 1. The number of primary sulfonamides is 1. The highest BCUT2D eigenvalue weighted by molar-refractivity contribution is 8.00. The largest absolute Gasteiger partial charge is 0.399 e. The molecule has 5 N–H and O–H groups in total. The second kappa shape index (κ2) is 4.90. The van der Waals surface area contributed by atoms with E-state index in [2.05, 4.69) is 10.2 Å². The third-order valence-corrected chi connectivity index (χ3v) is 5.19. The quantitative estimate of drug-likeness (QED) is 0.690. The zero-order valence-corrected chi connectivity index (χ0v) is 12.4. The minimum absolute atomic E-state index is 0.0784. The van der Waals surface area contributed by atoms with Crippen molar-refractivity contribution >= 4 is 27.5 Å². The van der Waals surface area contributed by atoms with E-state index in [9.17, 15) is 13.2 Å². The van der Waals surface area contributed by atoms with Crippen LogP contribution in [-0.2, 0) is 10.0 Å². The van der Waals surface area contributed by atoms with Crippen LogP contribution in [0.15, 0.2) is 37.9 Å². The Morgan fingerprint density at radius 3 is 2.71 bits per heavy atom. The first-order valence-corrected chi connectivity index (χ1v) is 8.49. The molecule has 0 saturated heterocycles. The van der Waals surface area contributed by atoms with E-state index >= 15 is 0 Å². The summed E-state index contributed by atoms with van der Waals surface area (Å²) in [7, 11) is -3.91. The number of hydrogen-bond donors (Lipinski definition) is 3. The van der Waals surface area contributed by atoms with E-state index in [-0.39, 0.29) is 16.6 Å². The number of sulfonamides is 1. The van der Waals surface area contributed by atoms with Gasteiger partial charge < -0.3 is 5.73 Å². The maximum Gasteiger partial charge on any atom is 0.344 e. The van der Waals surface area contributed by atoms with Crippen LogP contribution in [0, 0.1) is 0 Å². The van der Waals surface area contributed by atoms with Gasteiger partial charge in [-0.15, -0.1) is 5.10 Å². The van der Waals surface area contributed by atoms with E-state index in [1.54, 1.807) is 12.1 Å². The summed E-state index contributed by atoms with van der Waals surface area (Å²) in [6, 6.07) is 4.55. The Balaban J connectivity index is 2.05. The van der Waals surface area contributed by atoms with Crippen LogP contribution in [0.3, 0.4) is 0 Å². The Kier molecular flexibility index (Phi) is 3.30. The predicted molar refractivity (Wildman–Crippen MR) is 77.5 cm³/mol. The second-order valence-corrected chi connectivity index (χ2v) is 7.30. The molecule has 0 aliphatic heterocycles. The molecular weight excluding hydrogens is 314 g/mol. The summed E-state index contributed by atoms with van der Waals surface area (Å²) in [5, 5.41) is 11.9. The molecule has 1 aromatic carbocycles. The molecule has 1 saturated carbocycles. The fourth-order valence-electron chi connectivity index (χ4n) is 1.95. The van der Waals surface area contributed by atoms with Crippen LogP contribution in [0.2, 0.25) is 0 Å². The molecule has 1 heterocycles. The van der Waals surface area contributed by atoms with Crippen LogP contribution in [0.25, 0.3) is 0 Å². The zero-order chi connectivity index (χ0) is 15.2. The van der Waals surface area contributed by atoms with Crippen LogP contribution in [0.4, 0.5) is 5.69 Å². The summed E-state index contributed by atoms with van der Waals surface area (Å²) in [5.74, 6) is 0. The van der Waals surface area contributed by atoms with E-state index in [0.717, 1.165) is 24.6 Å². The molecule has 0 radical (unpaired) electrons. The Morgan fingerprint density at radius 1 is 1.38 bits per heavy atom. The Hall–Kier alpha value is -1.78. The molecule has 112 valence electrons. The number of rotatable bonds is 4. The molecule has 1 fully saturated rings. The fourth-order valence-corrected chi connectivity index (χ4v) is 3.98. The van der Waals surface area contributed by atoms with Crippen LogP contribution in [0.1, 0.15) is 18.9 Å². The minimum atomic E-state index is -3.91. The number of nitrogens with one attached hydrogen (secondary N) is 1. The summed E-state index contributed by atoms with van der Waals surface area (Å²) < 4.78 is 24.8. The van der Waals surface area contributed by atoms with Crippen LogP contribution in [0.5, 0.6) is 0 Å². The monoisotopic (exact) mass is 327 g/mol. The number of benzene rings is 1. The van der Waals surface area contributed by atoms with Crippen LogP contribution in [-0.4, -0.2) is 23.2 Å². The van der Waals surface area contributed by atoms with Crippen molar-refractivity contribution in [3.63, 3.8) is 0 Å². The number of hydrogen-bond acceptors (Lipinski definition) is 6. The minimum Gasteiger partial charge on any atom is -0.399 e. The van der Waals surface area contributed by atoms with Gasteiger partial charge in [-0.3, -0.25) is 4.57 Å². The molecular formula is C11H13N5O3S2. The number of aromatic amines is 1. The normalized spacial score (nSPS) is 15.3. The average Bonchev–Trinajstić information content (AvgIpc) is 3.16. The van der Waals surface area contributed by atoms with Crippen molar-refractivity contribution in [3.8, 4) is 0 Å². The number of nitrogens with two attached hydrogens (primary N) is 2. The Morgan fingerprint density at radius 2 is 2.10 bits per heavy atom. The van der Waals surface area contributed by atoms with Gasteiger partial charge in [0, 0.05) is 16.6 Å². The van der Waals surface area contributed by atoms with Gasteiger partial charge in [0.2, 0.25) is 10.0 Å². The van der Waals surface area contributed by atoms with Gasteiger partial charge in [-0.2, -0.15) is 0 Å². The molecule has 10 heteroatoms. The van der Waals surface area contributed by atoms with E-state index < -0.39 is 10.0 Å². The highest BCUT2D eigenvalue weighted by atomic mass is 32.2. The summed E-state index contributed by atoms with van der Waals surface area (Å²) in [6.07, 6.45) is 1.83. The topological polar surface area (TPSA) is 137 Å². The predicted octanol–water partition coefficient (Wildman–Crippen LogP) is 0.287. The molecule has 0 spiro atoms. The van der Waals surface area contributed by atoms with Gasteiger partial charge in [-0.25, -0.2) is 23.4 Å². The summed E-state index contributed by atoms with van der Waals surface area (Å²) >= 11 is 1.07. The van der Waals surface area contributed by atoms with E-state index in [0.29, 0.717) is 15.7 Å². The highest BCUT2D eigenvalue weighted by Gasteiger charge is 2.29. The van der Waals surface area contributed by atoms with Gasteiger partial charge in [0.25, 0.3) is 0 Å². The van der Waals surface area contributed by atoms with Crippen molar-refractivity contribution in [2.75, 3.05) is 5.73 Å². The molecule has 3 rings (SSSR count). The van der Waals surface area contributed by atoms with E-state index in [1.165, 1.54) is 10.6 Å². The highest BCUT2D eigenvalue weighted by Crippen LogP contribution is 2.39. The molecule has 1 aliphatic carbocycles. The van der Waals surface area contributed by atoms with Gasteiger partial charge in [0.15, 0.2) is 5.16 Å². The number of nitrogens with zero attached hydrogens (tertiary/aromatic N) is 2. The zero-order valence-electron chi connectivity index (χ0n) is 10.8. The molecule has 0 amide bonds. The molecule has 0 atom stereocenters.